The Balaban J connectivity index is 1.89. The molecule has 0 aliphatic rings. The summed E-state index contributed by atoms with van der Waals surface area (Å²) in [6.07, 6.45) is 0. The molecule has 0 unspecified atom stereocenters. The number of sulfone groups is 1. The van der Waals surface area contributed by atoms with E-state index in [1.165, 1.54) is 12.1 Å². The summed E-state index contributed by atoms with van der Waals surface area (Å²) in [6, 6.07) is 5.42. The van der Waals surface area contributed by atoms with Crippen molar-refractivity contribution in [3.8, 4) is 0 Å². The molecule has 0 radical (unpaired) electrons. The van der Waals surface area contributed by atoms with Crippen molar-refractivity contribution >= 4 is 32.3 Å². The molecule has 1 aromatic carbocycles. The van der Waals surface area contributed by atoms with Crippen molar-refractivity contribution in [2.24, 2.45) is 0 Å². The van der Waals surface area contributed by atoms with Gasteiger partial charge < -0.3 is 5.32 Å². The fourth-order valence-electron chi connectivity index (χ4n) is 1.77. The molecule has 0 aliphatic heterocycles. The molecule has 1 aromatic heterocycles. The van der Waals surface area contributed by atoms with Crippen LogP contribution in [0, 0.1) is 5.82 Å². The van der Waals surface area contributed by atoms with Gasteiger partial charge in [-0.3, -0.25) is 5.32 Å². The lowest BCUT2D eigenvalue weighted by molar-refractivity contribution is 0.251. The van der Waals surface area contributed by atoms with Gasteiger partial charge >= 0.3 is 6.03 Å². The van der Waals surface area contributed by atoms with Gasteiger partial charge in [-0.25, -0.2) is 22.6 Å². The summed E-state index contributed by atoms with van der Waals surface area (Å²) >= 11 is 1.15. The van der Waals surface area contributed by atoms with Crippen LogP contribution in [0.2, 0.25) is 0 Å². The van der Waals surface area contributed by atoms with Gasteiger partial charge in [-0.1, -0.05) is 12.1 Å². The van der Waals surface area contributed by atoms with E-state index in [2.05, 4.69) is 15.6 Å². The van der Waals surface area contributed by atoms with Crippen molar-refractivity contribution in [1.82, 2.24) is 10.3 Å². The van der Waals surface area contributed by atoms with Crippen molar-refractivity contribution < 1.29 is 17.6 Å². The minimum atomic E-state index is -3.24. The zero-order valence-corrected chi connectivity index (χ0v) is 14.9. The van der Waals surface area contributed by atoms with Gasteiger partial charge in [-0.2, -0.15) is 0 Å². The molecule has 0 bridgehead atoms. The SMILES string of the molecule is CC(C)S(=O)(=O)Cc1csc(NC(=O)NCc2cccc(F)c2)n1. The molecule has 2 aromatic rings. The largest absolute Gasteiger partial charge is 0.334 e. The quantitative estimate of drug-likeness (QED) is 0.817. The minimum absolute atomic E-state index is 0.159. The number of carbonyl (C=O) groups excluding carboxylic acids is 1. The van der Waals surface area contributed by atoms with Crippen LogP contribution in [0.4, 0.5) is 14.3 Å². The van der Waals surface area contributed by atoms with Crippen LogP contribution < -0.4 is 10.6 Å². The number of aromatic nitrogens is 1. The highest BCUT2D eigenvalue weighted by molar-refractivity contribution is 7.91. The average Bonchev–Trinajstić information content (AvgIpc) is 2.91. The zero-order valence-electron chi connectivity index (χ0n) is 13.2. The maximum Gasteiger partial charge on any atom is 0.321 e. The maximum absolute atomic E-state index is 13.0. The van der Waals surface area contributed by atoms with E-state index in [-0.39, 0.29) is 18.1 Å². The van der Waals surface area contributed by atoms with E-state index in [0.717, 1.165) is 11.3 Å². The third kappa shape index (κ3) is 5.27. The number of rotatable bonds is 6. The third-order valence-electron chi connectivity index (χ3n) is 3.18. The van der Waals surface area contributed by atoms with E-state index >= 15 is 0 Å². The summed E-state index contributed by atoms with van der Waals surface area (Å²) < 4.78 is 36.8. The molecule has 130 valence electrons. The first-order valence-corrected chi connectivity index (χ1v) is 9.81. The van der Waals surface area contributed by atoms with E-state index in [9.17, 15) is 17.6 Å². The number of carbonyl (C=O) groups is 1. The van der Waals surface area contributed by atoms with Gasteiger partial charge in [0.1, 0.15) is 5.82 Å². The van der Waals surface area contributed by atoms with Gasteiger partial charge in [0.25, 0.3) is 0 Å². The lowest BCUT2D eigenvalue weighted by atomic mass is 10.2. The molecule has 24 heavy (non-hydrogen) atoms. The maximum atomic E-state index is 13.0. The van der Waals surface area contributed by atoms with Gasteiger partial charge in [-0.05, 0) is 31.5 Å². The van der Waals surface area contributed by atoms with Crippen molar-refractivity contribution in [3.05, 3.63) is 46.7 Å². The van der Waals surface area contributed by atoms with Gasteiger partial charge in [-0.15, -0.1) is 11.3 Å². The lowest BCUT2D eigenvalue weighted by Crippen LogP contribution is -2.28. The summed E-state index contributed by atoms with van der Waals surface area (Å²) in [7, 11) is -3.24. The summed E-state index contributed by atoms with van der Waals surface area (Å²) in [5.41, 5.74) is 1.03. The van der Waals surface area contributed by atoms with E-state index in [4.69, 9.17) is 0 Å². The Hall–Kier alpha value is -2.00. The predicted molar refractivity (Wildman–Crippen MR) is 92.1 cm³/mol. The second kappa shape index (κ2) is 7.71. The normalized spacial score (nSPS) is 11.5. The molecule has 2 rings (SSSR count). The van der Waals surface area contributed by atoms with Crippen LogP contribution in [-0.4, -0.2) is 24.7 Å². The standard InChI is InChI=1S/C15H18FN3O3S2/c1-10(2)24(21,22)9-13-8-23-15(18-13)19-14(20)17-7-11-4-3-5-12(16)6-11/h3-6,8,10H,7,9H2,1-2H3,(H2,17,18,19,20). The Morgan fingerprint density at radius 3 is 2.79 bits per heavy atom. The van der Waals surface area contributed by atoms with Crippen LogP contribution in [0.25, 0.3) is 0 Å². The molecule has 0 aliphatic carbocycles. The minimum Gasteiger partial charge on any atom is -0.334 e. The number of amides is 2. The Labute approximate surface area is 144 Å². The summed E-state index contributed by atoms with van der Waals surface area (Å²) in [5.74, 6) is -0.529. The summed E-state index contributed by atoms with van der Waals surface area (Å²) in [5, 5.41) is 6.54. The lowest BCUT2D eigenvalue weighted by Gasteiger charge is -2.06. The van der Waals surface area contributed by atoms with Crippen molar-refractivity contribution in [3.63, 3.8) is 0 Å². The molecule has 0 spiro atoms. The first kappa shape index (κ1) is 18.3. The second-order valence-corrected chi connectivity index (χ2v) is 8.85. The molecule has 0 atom stereocenters. The third-order valence-corrected chi connectivity index (χ3v) is 6.12. The Morgan fingerprint density at radius 1 is 1.38 bits per heavy atom. The molecule has 1 heterocycles. The van der Waals surface area contributed by atoms with Crippen molar-refractivity contribution in [2.45, 2.75) is 31.4 Å². The van der Waals surface area contributed by atoms with Gasteiger partial charge in [0, 0.05) is 11.9 Å². The van der Waals surface area contributed by atoms with Crippen LogP contribution in [0.5, 0.6) is 0 Å². The number of thiazole rings is 1. The first-order valence-electron chi connectivity index (χ1n) is 7.21. The molecule has 0 saturated carbocycles. The smallest absolute Gasteiger partial charge is 0.321 e. The number of benzene rings is 1. The van der Waals surface area contributed by atoms with Crippen molar-refractivity contribution in [2.75, 3.05) is 5.32 Å². The monoisotopic (exact) mass is 371 g/mol. The number of nitrogens with zero attached hydrogens (tertiary/aromatic N) is 1. The van der Waals surface area contributed by atoms with Crippen LogP contribution in [-0.2, 0) is 22.1 Å². The summed E-state index contributed by atoms with van der Waals surface area (Å²) in [6.45, 7) is 3.39. The number of halogens is 1. The molecular weight excluding hydrogens is 353 g/mol. The number of hydrogen-bond donors (Lipinski definition) is 2. The molecule has 9 heteroatoms. The molecule has 0 fully saturated rings. The highest BCUT2D eigenvalue weighted by Gasteiger charge is 2.19. The van der Waals surface area contributed by atoms with Crippen LogP contribution in [0.1, 0.15) is 25.1 Å². The highest BCUT2D eigenvalue weighted by atomic mass is 32.2. The number of anilines is 1. The highest BCUT2D eigenvalue weighted by Crippen LogP contribution is 2.18. The molecule has 0 saturated heterocycles. The molecule has 2 N–H and O–H groups in total. The number of hydrogen-bond acceptors (Lipinski definition) is 5. The van der Waals surface area contributed by atoms with Crippen molar-refractivity contribution in [1.29, 1.82) is 0 Å². The molecule has 2 amide bonds. The second-order valence-electron chi connectivity index (χ2n) is 5.44. The fraction of sp³-hybridized carbons (Fsp3) is 0.333. The topological polar surface area (TPSA) is 88.2 Å². The fourth-order valence-corrected chi connectivity index (χ4v) is 3.48. The molecular formula is C15H18FN3O3S2. The number of nitrogens with one attached hydrogen (secondary N) is 2. The van der Waals surface area contributed by atoms with E-state index in [1.807, 2.05) is 0 Å². The van der Waals surface area contributed by atoms with Crippen LogP contribution >= 0.6 is 11.3 Å². The Kier molecular flexibility index (Phi) is 5.89. The van der Waals surface area contributed by atoms with Crippen LogP contribution in [0.15, 0.2) is 29.6 Å². The molecule has 6 nitrogen and oxygen atoms in total. The first-order chi connectivity index (χ1) is 11.3. The van der Waals surface area contributed by atoms with E-state index in [0.29, 0.717) is 16.4 Å². The number of urea groups is 1. The average molecular weight is 371 g/mol. The van der Waals surface area contributed by atoms with Gasteiger partial charge in [0.2, 0.25) is 0 Å². The summed E-state index contributed by atoms with van der Waals surface area (Å²) in [4.78, 5) is 15.9. The Morgan fingerprint density at radius 2 is 2.12 bits per heavy atom. The van der Waals surface area contributed by atoms with E-state index in [1.54, 1.807) is 31.4 Å². The predicted octanol–water partition coefficient (Wildman–Crippen LogP) is 2.93. The Bertz CT molecular complexity index is 819. The van der Waals surface area contributed by atoms with Gasteiger partial charge in [0.15, 0.2) is 15.0 Å². The van der Waals surface area contributed by atoms with E-state index < -0.39 is 21.1 Å². The van der Waals surface area contributed by atoms with Gasteiger partial charge in [0.05, 0.1) is 16.7 Å². The zero-order chi connectivity index (χ0) is 17.7. The van der Waals surface area contributed by atoms with Crippen LogP contribution in [0.3, 0.4) is 0 Å².